The molecule has 0 aromatic heterocycles. The lowest BCUT2D eigenvalue weighted by Crippen LogP contribution is -2.21. The molecule has 1 rings (SSSR count). The van der Waals surface area contributed by atoms with Crippen molar-refractivity contribution >= 4 is 5.84 Å². The van der Waals surface area contributed by atoms with Crippen molar-refractivity contribution in [2.75, 3.05) is 13.2 Å². The summed E-state index contributed by atoms with van der Waals surface area (Å²) in [5.41, 5.74) is 0. The molecule has 1 aliphatic heterocycles. The van der Waals surface area contributed by atoms with Gasteiger partial charge in [0, 0.05) is 19.6 Å². The van der Waals surface area contributed by atoms with Crippen molar-refractivity contribution in [3.8, 4) is 0 Å². The van der Waals surface area contributed by atoms with Crippen LogP contribution < -0.4 is 5.32 Å². The molecule has 1 heterocycles. The minimum Gasteiger partial charge on any atom is -0.396 e. The van der Waals surface area contributed by atoms with Gasteiger partial charge in [0.05, 0.1) is 11.9 Å². The second-order valence-corrected chi connectivity index (χ2v) is 7.81. The molecule has 1 aliphatic rings. The predicted molar refractivity (Wildman–Crippen MR) is 115 cm³/mol. The third-order valence-electron chi connectivity index (χ3n) is 5.27. The molecule has 0 saturated heterocycles. The lowest BCUT2D eigenvalue weighted by molar-refractivity contribution is 0.278. The van der Waals surface area contributed by atoms with E-state index in [9.17, 15) is 0 Å². The van der Waals surface area contributed by atoms with Crippen LogP contribution in [0.25, 0.3) is 0 Å². The van der Waals surface area contributed by atoms with Crippen molar-refractivity contribution in [1.82, 2.24) is 5.32 Å². The molecule has 0 radical (unpaired) electrons. The normalized spacial score (nSPS) is 17.0. The van der Waals surface area contributed by atoms with E-state index < -0.39 is 0 Å². The third-order valence-corrected chi connectivity index (χ3v) is 5.27. The largest absolute Gasteiger partial charge is 0.396 e. The fourth-order valence-electron chi connectivity index (χ4n) is 3.56. The van der Waals surface area contributed by atoms with Crippen molar-refractivity contribution in [2.45, 2.75) is 116 Å². The zero-order valence-electron chi connectivity index (χ0n) is 17.4. The maximum atomic E-state index is 8.94. The van der Waals surface area contributed by atoms with Crippen molar-refractivity contribution in [1.29, 1.82) is 0 Å². The first kappa shape index (κ1) is 23.2. The van der Waals surface area contributed by atoms with Crippen LogP contribution in [0.1, 0.15) is 110 Å². The second-order valence-electron chi connectivity index (χ2n) is 7.81. The Kier molecular flexibility index (Phi) is 15.7. The molecular weight excluding hydrogens is 320 g/mol. The van der Waals surface area contributed by atoms with Crippen LogP contribution in [-0.2, 0) is 0 Å². The summed E-state index contributed by atoms with van der Waals surface area (Å²) < 4.78 is 0. The van der Waals surface area contributed by atoms with E-state index in [1.807, 2.05) is 0 Å². The van der Waals surface area contributed by atoms with Gasteiger partial charge in [0.15, 0.2) is 0 Å². The van der Waals surface area contributed by atoms with E-state index >= 15 is 0 Å². The minimum absolute atomic E-state index is 0.247. The van der Waals surface area contributed by atoms with Crippen molar-refractivity contribution < 1.29 is 5.11 Å². The lowest BCUT2D eigenvalue weighted by Gasteiger charge is -2.02. The quantitative estimate of drug-likeness (QED) is 0.226. The average Bonchev–Trinajstić information content (AvgIpc) is 3.09. The summed E-state index contributed by atoms with van der Waals surface area (Å²) >= 11 is 0. The number of aliphatic imine (C=N–C) groups is 1. The van der Waals surface area contributed by atoms with Crippen LogP contribution in [-0.4, -0.2) is 30.1 Å². The standard InChI is InChI=1S/C23H44N2O/c1-2-3-4-5-6-7-8-9-10-11-12-13-14-15-16-17-18-23-24-21-22(25-23)19-20-26/h9-10,22,26H,2-8,11-21H2,1H3,(H,24,25)/b10-9-. The first-order valence-electron chi connectivity index (χ1n) is 11.4. The van der Waals surface area contributed by atoms with Crippen LogP contribution in [0.15, 0.2) is 17.1 Å². The molecule has 152 valence electrons. The number of nitrogens with zero attached hydrogens (tertiary/aromatic N) is 1. The highest BCUT2D eigenvalue weighted by molar-refractivity contribution is 5.83. The maximum Gasteiger partial charge on any atom is 0.0968 e. The van der Waals surface area contributed by atoms with Crippen LogP contribution in [0.2, 0.25) is 0 Å². The smallest absolute Gasteiger partial charge is 0.0968 e. The summed E-state index contributed by atoms with van der Waals surface area (Å²) in [5.74, 6) is 1.17. The highest BCUT2D eigenvalue weighted by Crippen LogP contribution is 2.12. The van der Waals surface area contributed by atoms with Gasteiger partial charge in [-0.3, -0.25) is 4.99 Å². The van der Waals surface area contributed by atoms with Crippen LogP contribution in [0, 0.1) is 0 Å². The molecule has 1 atom stereocenters. The monoisotopic (exact) mass is 364 g/mol. The van der Waals surface area contributed by atoms with Gasteiger partial charge in [-0.1, -0.05) is 76.9 Å². The number of hydrogen-bond acceptors (Lipinski definition) is 3. The average molecular weight is 365 g/mol. The Morgan fingerprint density at radius 2 is 1.46 bits per heavy atom. The summed E-state index contributed by atoms with van der Waals surface area (Å²) in [5, 5.41) is 12.3. The first-order valence-corrected chi connectivity index (χ1v) is 11.4. The van der Waals surface area contributed by atoms with E-state index in [1.54, 1.807) is 0 Å². The number of allylic oxidation sites excluding steroid dienone is 2. The van der Waals surface area contributed by atoms with Crippen LogP contribution in [0.3, 0.4) is 0 Å². The summed E-state index contributed by atoms with van der Waals surface area (Å²) in [6, 6.07) is 0.309. The first-order chi connectivity index (χ1) is 12.9. The molecule has 2 N–H and O–H groups in total. The van der Waals surface area contributed by atoms with Gasteiger partial charge in [-0.25, -0.2) is 0 Å². The van der Waals surface area contributed by atoms with Gasteiger partial charge in [-0.2, -0.15) is 0 Å². The van der Waals surface area contributed by atoms with Crippen LogP contribution in [0.4, 0.5) is 0 Å². The molecule has 0 aromatic rings. The Balaban J connectivity index is 1.78. The highest BCUT2D eigenvalue weighted by atomic mass is 16.3. The molecular formula is C23H44N2O. The van der Waals surface area contributed by atoms with Crippen molar-refractivity contribution in [3.05, 3.63) is 12.2 Å². The van der Waals surface area contributed by atoms with E-state index in [4.69, 9.17) is 5.11 Å². The summed E-state index contributed by atoms with van der Waals surface area (Å²) in [6.45, 7) is 3.45. The zero-order valence-corrected chi connectivity index (χ0v) is 17.4. The summed E-state index contributed by atoms with van der Waals surface area (Å²) in [6.07, 6.45) is 25.6. The number of hydrogen-bond donors (Lipinski definition) is 2. The molecule has 0 saturated carbocycles. The van der Waals surface area contributed by atoms with E-state index in [1.165, 1.54) is 95.7 Å². The van der Waals surface area contributed by atoms with Gasteiger partial charge in [0.2, 0.25) is 0 Å². The Hall–Kier alpha value is -0.830. The number of aliphatic hydroxyl groups is 1. The lowest BCUT2D eigenvalue weighted by atomic mass is 10.1. The Morgan fingerprint density at radius 3 is 2.08 bits per heavy atom. The molecule has 0 spiro atoms. The molecule has 3 nitrogen and oxygen atoms in total. The Labute approximate surface area is 162 Å². The SMILES string of the molecule is CCCCCCCC/C=C\CCCCCCCCC1=NC(CCO)CN1. The predicted octanol–water partition coefficient (Wildman–Crippen LogP) is 6.17. The molecule has 0 aliphatic carbocycles. The van der Waals surface area contributed by atoms with Gasteiger partial charge >= 0.3 is 0 Å². The molecule has 0 bridgehead atoms. The van der Waals surface area contributed by atoms with Gasteiger partial charge in [-0.15, -0.1) is 0 Å². The Bertz CT molecular complexity index is 365. The number of amidine groups is 1. The highest BCUT2D eigenvalue weighted by Gasteiger charge is 2.15. The molecule has 0 aromatic carbocycles. The molecule has 0 amide bonds. The van der Waals surface area contributed by atoms with Crippen molar-refractivity contribution in [2.24, 2.45) is 4.99 Å². The molecule has 3 heteroatoms. The fourth-order valence-corrected chi connectivity index (χ4v) is 3.56. The van der Waals surface area contributed by atoms with E-state index in [0.717, 1.165) is 19.4 Å². The summed E-state index contributed by atoms with van der Waals surface area (Å²) in [4.78, 5) is 4.62. The second kappa shape index (κ2) is 17.6. The van der Waals surface area contributed by atoms with Gasteiger partial charge in [0.25, 0.3) is 0 Å². The number of rotatable bonds is 18. The minimum atomic E-state index is 0.247. The molecule has 0 fully saturated rings. The van der Waals surface area contributed by atoms with Gasteiger partial charge in [0.1, 0.15) is 0 Å². The maximum absolute atomic E-state index is 8.94. The molecule has 26 heavy (non-hydrogen) atoms. The van der Waals surface area contributed by atoms with Gasteiger partial charge in [-0.05, 0) is 38.5 Å². The number of aliphatic hydroxyl groups excluding tert-OH is 1. The molecule has 1 unspecified atom stereocenters. The summed E-state index contributed by atoms with van der Waals surface area (Å²) in [7, 11) is 0. The van der Waals surface area contributed by atoms with E-state index in [0.29, 0.717) is 6.04 Å². The van der Waals surface area contributed by atoms with Gasteiger partial charge < -0.3 is 10.4 Å². The van der Waals surface area contributed by atoms with E-state index in [2.05, 4.69) is 29.4 Å². The van der Waals surface area contributed by atoms with Crippen molar-refractivity contribution in [3.63, 3.8) is 0 Å². The van der Waals surface area contributed by atoms with Crippen LogP contribution >= 0.6 is 0 Å². The third kappa shape index (κ3) is 13.4. The topological polar surface area (TPSA) is 44.6 Å². The zero-order chi connectivity index (χ0) is 18.7. The van der Waals surface area contributed by atoms with E-state index in [-0.39, 0.29) is 6.61 Å². The number of nitrogens with one attached hydrogen (secondary N) is 1. The number of unbranched alkanes of at least 4 members (excludes halogenated alkanes) is 12. The fraction of sp³-hybridized carbons (Fsp3) is 0.870. The van der Waals surface area contributed by atoms with Crippen LogP contribution in [0.5, 0.6) is 0 Å². The Morgan fingerprint density at radius 1 is 0.885 bits per heavy atom.